The van der Waals surface area contributed by atoms with Crippen LogP contribution in [0.4, 0.5) is 0 Å². The smallest absolute Gasteiger partial charge is 0.253 e. The quantitative estimate of drug-likeness (QED) is 0.540. The third-order valence-electron chi connectivity index (χ3n) is 5.34. The summed E-state index contributed by atoms with van der Waals surface area (Å²) in [5.74, 6) is 0.494. The Hall–Kier alpha value is -2.68. The summed E-state index contributed by atoms with van der Waals surface area (Å²) in [6, 6.07) is 12.4. The Morgan fingerprint density at radius 2 is 1.88 bits per heavy atom. The van der Waals surface area contributed by atoms with E-state index < -0.39 is 10.0 Å². The van der Waals surface area contributed by atoms with Gasteiger partial charge in [-0.1, -0.05) is 37.8 Å². The number of sulfonamides is 1. The molecule has 2 aromatic carbocycles. The first kappa shape index (κ1) is 24.0. The molecule has 0 unspecified atom stereocenters. The molecule has 0 aliphatic carbocycles. The van der Waals surface area contributed by atoms with Crippen molar-refractivity contribution in [3.05, 3.63) is 71.8 Å². The van der Waals surface area contributed by atoms with Gasteiger partial charge in [-0.15, -0.1) is 0 Å². The van der Waals surface area contributed by atoms with E-state index in [1.807, 2.05) is 31.2 Å². The molecule has 1 amide bonds. The molecule has 1 aliphatic rings. The van der Waals surface area contributed by atoms with Crippen molar-refractivity contribution in [2.24, 2.45) is 0 Å². The number of nitrogens with zero attached hydrogens (tertiary/aromatic N) is 2. The lowest BCUT2D eigenvalue weighted by Crippen LogP contribution is -2.41. The predicted octanol–water partition coefficient (Wildman–Crippen LogP) is 3.11. The highest BCUT2D eigenvalue weighted by Crippen LogP contribution is 2.24. The highest BCUT2D eigenvalue weighted by atomic mass is 32.2. The largest absolute Gasteiger partial charge is 0.490 e. The Labute approximate surface area is 190 Å². The van der Waals surface area contributed by atoms with E-state index in [0.29, 0.717) is 57.0 Å². The molecule has 0 N–H and O–H groups in total. The zero-order chi connectivity index (χ0) is 23.1. The SMILES string of the molecule is C=CCOc1ccc(CN(C)C(=O)c2ccc(CC)c(S(=O)(=O)N3CCOCC3)c2)cc1. The number of morpholine rings is 1. The second kappa shape index (κ2) is 10.8. The number of aryl methyl sites for hydroxylation is 1. The second-order valence-corrected chi connectivity index (χ2v) is 9.50. The number of carbonyl (C=O) groups excluding carboxylic acids is 1. The molecule has 1 heterocycles. The summed E-state index contributed by atoms with van der Waals surface area (Å²) in [7, 11) is -1.99. The van der Waals surface area contributed by atoms with Crippen LogP contribution in [0.3, 0.4) is 0 Å². The topological polar surface area (TPSA) is 76.2 Å². The van der Waals surface area contributed by atoms with Crippen LogP contribution in [-0.4, -0.2) is 63.5 Å². The van der Waals surface area contributed by atoms with Crippen LogP contribution in [0.15, 0.2) is 60.0 Å². The average molecular weight is 459 g/mol. The Bertz CT molecular complexity index is 1040. The Morgan fingerprint density at radius 1 is 1.19 bits per heavy atom. The Kier molecular flexibility index (Phi) is 8.06. The van der Waals surface area contributed by atoms with Gasteiger partial charge in [0.15, 0.2) is 0 Å². The molecule has 172 valence electrons. The van der Waals surface area contributed by atoms with Crippen LogP contribution in [0.5, 0.6) is 5.75 Å². The van der Waals surface area contributed by atoms with E-state index in [2.05, 4.69) is 6.58 Å². The van der Waals surface area contributed by atoms with E-state index in [4.69, 9.17) is 9.47 Å². The first-order valence-electron chi connectivity index (χ1n) is 10.7. The number of carbonyl (C=O) groups is 1. The van der Waals surface area contributed by atoms with Crippen molar-refractivity contribution in [2.75, 3.05) is 40.0 Å². The van der Waals surface area contributed by atoms with Crippen LogP contribution in [-0.2, 0) is 27.7 Å². The number of ether oxygens (including phenoxy) is 2. The summed E-state index contributed by atoms with van der Waals surface area (Å²) in [6.45, 7) is 7.73. The molecule has 0 atom stereocenters. The molecule has 0 radical (unpaired) electrons. The molecule has 0 bridgehead atoms. The Balaban J connectivity index is 1.78. The molecule has 8 heteroatoms. The predicted molar refractivity (Wildman–Crippen MR) is 123 cm³/mol. The van der Waals surface area contributed by atoms with Crippen LogP contribution in [0.25, 0.3) is 0 Å². The van der Waals surface area contributed by atoms with Gasteiger partial charge < -0.3 is 14.4 Å². The zero-order valence-electron chi connectivity index (χ0n) is 18.6. The summed E-state index contributed by atoms with van der Waals surface area (Å²) in [5, 5.41) is 0. The lowest BCUT2D eigenvalue weighted by molar-refractivity contribution is 0.0729. The van der Waals surface area contributed by atoms with E-state index in [1.165, 1.54) is 10.4 Å². The summed E-state index contributed by atoms with van der Waals surface area (Å²) in [5.41, 5.74) is 1.99. The number of benzene rings is 2. The fraction of sp³-hybridized carbons (Fsp3) is 0.375. The van der Waals surface area contributed by atoms with Gasteiger partial charge in [-0.05, 0) is 41.8 Å². The zero-order valence-corrected chi connectivity index (χ0v) is 19.4. The third kappa shape index (κ3) is 5.56. The molecule has 1 saturated heterocycles. The summed E-state index contributed by atoms with van der Waals surface area (Å²) < 4.78 is 38.7. The highest BCUT2D eigenvalue weighted by Gasteiger charge is 2.29. The summed E-state index contributed by atoms with van der Waals surface area (Å²) >= 11 is 0. The molecule has 0 saturated carbocycles. The van der Waals surface area contributed by atoms with Crippen molar-refractivity contribution in [1.82, 2.24) is 9.21 Å². The van der Waals surface area contributed by atoms with Crippen LogP contribution in [0.1, 0.15) is 28.4 Å². The maximum Gasteiger partial charge on any atom is 0.253 e. The van der Waals surface area contributed by atoms with Gasteiger partial charge in [0.1, 0.15) is 12.4 Å². The van der Waals surface area contributed by atoms with Gasteiger partial charge in [-0.3, -0.25) is 4.79 Å². The van der Waals surface area contributed by atoms with E-state index in [1.54, 1.807) is 30.2 Å². The van der Waals surface area contributed by atoms with Crippen LogP contribution in [0, 0.1) is 0 Å². The number of hydrogen-bond acceptors (Lipinski definition) is 5. The molecule has 2 aromatic rings. The maximum atomic E-state index is 13.2. The van der Waals surface area contributed by atoms with Crippen LogP contribution < -0.4 is 4.74 Å². The van der Waals surface area contributed by atoms with Crippen molar-refractivity contribution >= 4 is 15.9 Å². The molecule has 0 spiro atoms. The molecule has 1 aliphatic heterocycles. The first-order chi connectivity index (χ1) is 15.4. The second-order valence-electron chi connectivity index (χ2n) is 7.60. The first-order valence-corrected chi connectivity index (χ1v) is 12.1. The van der Waals surface area contributed by atoms with Gasteiger partial charge in [-0.25, -0.2) is 8.42 Å². The lowest BCUT2D eigenvalue weighted by Gasteiger charge is -2.27. The Morgan fingerprint density at radius 3 is 2.50 bits per heavy atom. The van der Waals surface area contributed by atoms with Gasteiger partial charge in [0.25, 0.3) is 5.91 Å². The molecule has 3 rings (SSSR count). The molecule has 0 aromatic heterocycles. The van der Waals surface area contributed by atoms with Gasteiger partial charge in [0.2, 0.25) is 10.0 Å². The van der Waals surface area contributed by atoms with Crippen molar-refractivity contribution < 1.29 is 22.7 Å². The van der Waals surface area contributed by atoms with Crippen molar-refractivity contribution in [2.45, 2.75) is 24.8 Å². The van der Waals surface area contributed by atoms with E-state index in [0.717, 1.165) is 11.3 Å². The molecule has 32 heavy (non-hydrogen) atoms. The normalized spacial score (nSPS) is 14.7. The van der Waals surface area contributed by atoms with Crippen molar-refractivity contribution in [3.8, 4) is 5.75 Å². The average Bonchev–Trinajstić information content (AvgIpc) is 2.83. The molecular weight excluding hydrogens is 428 g/mol. The fourth-order valence-electron chi connectivity index (χ4n) is 3.56. The van der Waals surface area contributed by atoms with Crippen molar-refractivity contribution in [3.63, 3.8) is 0 Å². The highest BCUT2D eigenvalue weighted by molar-refractivity contribution is 7.89. The maximum absolute atomic E-state index is 13.2. The molecule has 1 fully saturated rings. The van der Waals surface area contributed by atoms with Gasteiger partial charge in [0.05, 0.1) is 18.1 Å². The fourth-order valence-corrected chi connectivity index (χ4v) is 5.29. The van der Waals surface area contributed by atoms with E-state index in [9.17, 15) is 13.2 Å². The van der Waals surface area contributed by atoms with Crippen molar-refractivity contribution in [1.29, 1.82) is 0 Å². The van der Waals surface area contributed by atoms with Crippen LogP contribution in [0.2, 0.25) is 0 Å². The van der Waals surface area contributed by atoms with Gasteiger partial charge in [-0.2, -0.15) is 4.31 Å². The lowest BCUT2D eigenvalue weighted by atomic mass is 10.1. The van der Waals surface area contributed by atoms with E-state index >= 15 is 0 Å². The number of amides is 1. The summed E-state index contributed by atoms with van der Waals surface area (Å²) in [6.07, 6.45) is 2.24. The number of rotatable bonds is 9. The third-order valence-corrected chi connectivity index (χ3v) is 7.32. The van der Waals surface area contributed by atoms with Gasteiger partial charge >= 0.3 is 0 Å². The monoisotopic (exact) mass is 458 g/mol. The minimum atomic E-state index is -3.70. The molecule has 7 nitrogen and oxygen atoms in total. The van der Waals surface area contributed by atoms with Crippen LogP contribution >= 0.6 is 0 Å². The number of hydrogen-bond donors (Lipinski definition) is 0. The summed E-state index contributed by atoms with van der Waals surface area (Å²) in [4.78, 5) is 14.8. The molecular formula is C24H30N2O5S. The minimum Gasteiger partial charge on any atom is -0.490 e. The van der Waals surface area contributed by atoms with Gasteiger partial charge in [0, 0.05) is 32.2 Å². The standard InChI is InChI=1S/C24H30N2O5S/c1-4-14-31-22-10-6-19(7-11-22)18-25(3)24(27)21-9-8-20(5-2)23(17-21)32(28,29)26-12-15-30-16-13-26/h4,6-11,17H,1,5,12-16,18H2,2-3H3. The van der Waals surface area contributed by atoms with E-state index in [-0.39, 0.29) is 10.8 Å². The minimum absolute atomic E-state index is 0.199.